The number of rotatable bonds is 2. The zero-order chi connectivity index (χ0) is 9.31. The highest BCUT2D eigenvalue weighted by Crippen LogP contribution is 2.54. The van der Waals surface area contributed by atoms with Gasteiger partial charge in [0.1, 0.15) is 0 Å². The summed E-state index contributed by atoms with van der Waals surface area (Å²) in [5.41, 5.74) is 0.791. The molecule has 1 nitrogen and oxygen atoms in total. The van der Waals surface area contributed by atoms with Crippen LogP contribution < -0.4 is 5.32 Å². The van der Waals surface area contributed by atoms with E-state index in [4.69, 9.17) is 0 Å². The van der Waals surface area contributed by atoms with Gasteiger partial charge in [0.05, 0.1) is 0 Å². The summed E-state index contributed by atoms with van der Waals surface area (Å²) in [5, 5.41) is 3.47. The molecule has 76 valence electrons. The van der Waals surface area contributed by atoms with Crippen LogP contribution in [0.15, 0.2) is 0 Å². The summed E-state index contributed by atoms with van der Waals surface area (Å²) in [7, 11) is 0. The Morgan fingerprint density at radius 2 is 1.92 bits per heavy atom. The quantitative estimate of drug-likeness (QED) is 0.690. The number of piperidine rings is 1. The Hall–Kier alpha value is -0.0400. The van der Waals surface area contributed by atoms with Crippen molar-refractivity contribution in [3.05, 3.63) is 0 Å². The fourth-order valence-electron chi connectivity index (χ4n) is 3.15. The van der Waals surface area contributed by atoms with Crippen LogP contribution in [0.5, 0.6) is 0 Å². The first-order valence-electron chi connectivity index (χ1n) is 5.96. The van der Waals surface area contributed by atoms with Crippen molar-refractivity contribution >= 4 is 0 Å². The molecular weight excluding hydrogens is 158 g/mol. The molecule has 0 aromatic heterocycles. The van der Waals surface area contributed by atoms with E-state index in [0.29, 0.717) is 0 Å². The molecule has 1 saturated heterocycles. The van der Waals surface area contributed by atoms with Crippen molar-refractivity contribution in [2.24, 2.45) is 17.3 Å². The predicted octanol–water partition coefficient (Wildman–Crippen LogP) is 2.81. The molecule has 1 heterocycles. The second kappa shape index (κ2) is 3.61. The van der Waals surface area contributed by atoms with Gasteiger partial charge in [0, 0.05) is 0 Å². The van der Waals surface area contributed by atoms with Crippen molar-refractivity contribution in [2.75, 3.05) is 13.1 Å². The van der Waals surface area contributed by atoms with Gasteiger partial charge in [0.25, 0.3) is 0 Å². The van der Waals surface area contributed by atoms with Crippen LogP contribution in [0.2, 0.25) is 0 Å². The summed E-state index contributed by atoms with van der Waals surface area (Å²) in [4.78, 5) is 0. The predicted molar refractivity (Wildman–Crippen MR) is 56.7 cm³/mol. The molecule has 0 amide bonds. The van der Waals surface area contributed by atoms with E-state index in [1.54, 1.807) is 0 Å². The second-order valence-corrected chi connectivity index (χ2v) is 5.30. The molecule has 2 fully saturated rings. The van der Waals surface area contributed by atoms with E-state index in [1.807, 2.05) is 0 Å². The third-order valence-corrected chi connectivity index (χ3v) is 4.50. The lowest BCUT2D eigenvalue weighted by Crippen LogP contribution is -2.47. The fraction of sp³-hybridized carbons (Fsp3) is 1.00. The first-order valence-corrected chi connectivity index (χ1v) is 5.96. The van der Waals surface area contributed by atoms with Gasteiger partial charge in [0.15, 0.2) is 0 Å². The molecule has 1 unspecified atom stereocenters. The normalized spacial score (nSPS) is 30.0. The maximum absolute atomic E-state index is 3.47. The lowest BCUT2D eigenvalue weighted by Gasteiger charge is -2.52. The molecule has 1 atom stereocenters. The monoisotopic (exact) mass is 181 g/mol. The van der Waals surface area contributed by atoms with Gasteiger partial charge in [-0.3, -0.25) is 0 Å². The Kier molecular flexibility index (Phi) is 2.64. The van der Waals surface area contributed by atoms with Crippen LogP contribution in [0.1, 0.15) is 46.0 Å². The minimum atomic E-state index is 0.791. The minimum Gasteiger partial charge on any atom is -0.317 e. The molecule has 0 bridgehead atoms. The van der Waals surface area contributed by atoms with Gasteiger partial charge in [-0.2, -0.15) is 0 Å². The van der Waals surface area contributed by atoms with Crippen LogP contribution in [-0.2, 0) is 0 Å². The van der Waals surface area contributed by atoms with E-state index in [2.05, 4.69) is 19.2 Å². The lowest BCUT2D eigenvalue weighted by molar-refractivity contribution is -0.00677. The largest absolute Gasteiger partial charge is 0.317 e. The van der Waals surface area contributed by atoms with Crippen molar-refractivity contribution in [3.63, 3.8) is 0 Å². The highest BCUT2D eigenvalue weighted by molar-refractivity contribution is 4.97. The third-order valence-electron chi connectivity index (χ3n) is 4.50. The molecule has 0 aromatic rings. The standard InChI is InChI=1S/C12H23N/c1-3-10(2)11-8-12(9-11)4-6-13-7-5-12/h10-11,13H,3-9H2,1-2H3. The first-order chi connectivity index (χ1) is 6.26. The van der Waals surface area contributed by atoms with Gasteiger partial charge in [-0.25, -0.2) is 0 Å². The maximum Gasteiger partial charge on any atom is -0.00436 e. The fourth-order valence-corrected chi connectivity index (χ4v) is 3.15. The summed E-state index contributed by atoms with van der Waals surface area (Å²) in [6.07, 6.45) is 7.33. The van der Waals surface area contributed by atoms with Crippen molar-refractivity contribution in [2.45, 2.75) is 46.0 Å². The van der Waals surface area contributed by atoms with Crippen LogP contribution in [-0.4, -0.2) is 13.1 Å². The lowest BCUT2D eigenvalue weighted by atomic mass is 9.55. The van der Waals surface area contributed by atoms with Crippen LogP contribution in [0.4, 0.5) is 0 Å². The molecule has 1 aliphatic heterocycles. The Balaban J connectivity index is 1.81. The summed E-state index contributed by atoms with van der Waals surface area (Å²) in [6.45, 7) is 7.30. The van der Waals surface area contributed by atoms with E-state index >= 15 is 0 Å². The average Bonchev–Trinajstić information content (AvgIpc) is 2.14. The number of nitrogens with one attached hydrogen (secondary N) is 1. The van der Waals surface area contributed by atoms with Crippen LogP contribution in [0, 0.1) is 17.3 Å². The van der Waals surface area contributed by atoms with Crippen LogP contribution in [0.25, 0.3) is 0 Å². The second-order valence-electron chi connectivity index (χ2n) is 5.30. The highest BCUT2D eigenvalue weighted by atomic mass is 14.9. The van der Waals surface area contributed by atoms with Crippen molar-refractivity contribution in [1.82, 2.24) is 5.32 Å². The van der Waals surface area contributed by atoms with E-state index in [-0.39, 0.29) is 0 Å². The Morgan fingerprint density at radius 3 is 2.46 bits per heavy atom. The Morgan fingerprint density at radius 1 is 1.31 bits per heavy atom. The Labute approximate surface area is 82.3 Å². The van der Waals surface area contributed by atoms with E-state index < -0.39 is 0 Å². The summed E-state index contributed by atoms with van der Waals surface area (Å²) < 4.78 is 0. The molecule has 0 aromatic carbocycles. The molecular formula is C12H23N. The van der Waals surface area contributed by atoms with Crippen molar-refractivity contribution in [3.8, 4) is 0 Å². The van der Waals surface area contributed by atoms with Gasteiger partial charge in [-0.15, -0.1) is 0 Å². The molecule has 2 aliphatic rings. The van der Waals surface area contributed by atoms with Gasteiger partial charge in [-0.1, -0.05) is 20.3 Å². The smallest absolute Gasteiger partial charge is 0.00436 e. The van der Waals surface area contributed by atoms with E-state index in [1.165, 1.54) is 45.2 Å². The van der Waals surface area contributed by atoms with Gasteiger partial charge in [-0.05, 0) is 56.0 Å². The molecule has 2 rings (SSSR count). The topological polar surface area (TPSA) is 12.0 Å². The number of hydrogen-bond donors (Lipinski definition) is 1. The van der Waals surface area contributed by atoms with Crippen molar-refractivity contribution < 1.29 is 0 Å². The molecule has 1 spiro atoms. The van der Waals surface area contributed by atoms with Crippen LogP contribution in [0.3, 0.4) is 0 Å². The van der Waals surface area contributed by atoms with E-state index in [9.17, 15) is 0 Å². The van der Waals surface area contributed by atoms with Gasteiger partial charge >= 0.3 is 0 Å². The summed E-state index contributed by atoms with van der Waals surface area (Å²) in [5.74, 6) is 2.03. The molecule has 1 N–H and O–H groups in total. The van der Waals surface area contributed by atoms with E-state index in [0.717, 1.165) is 17.3 Å². The minimum absolute atomic E-state index is 0.791. The average molecular weight is 181 g/mol. The summed E-state index contributed by atoms with van der Waals surface area (Å²) >= 11 is 0. The Bertz CT molecular complexity index is 162. The zero-order valence-corrected chi connectivity index (χ0v) is 9.10. The summed E-state index contributed by atoms with van der Waals surface area (Å²) in [6, 6.07) is 0. The molecule has 1 saturated carbocycles. The highest BCUT2D eigenvalue weighted by Gasteiger charge is 2.45. The maximum atomic E-state index is 3.47. The first kappa shape index (κ1) is 9.51. The molecule has 1 heteroatoms. The zero-order valence-electron chi connectivity index (χ0n) is 9.10. The van der Waals surface area contributed by atoms with Crippen LogP contribution >= 0.6 is 0 Å². The van der Waals surface area contributed by atoms with Gasteiger partial charge < -0.3 is 5.32 Å². The molecule has 0 radical (unpaired) electrons. The molecule has 1 aliphatic carbocycles. The van der Waals surface area contributed by atoms with Crippen molar-refractivity contribution in [1.29, 1.82) is 0 Å². The number of hydrogen-bond acceptors (Lipinski definition) is 1. The van der Waals surface area contributed by atoms with Gasteiger partial charge in [0.2, 0.25) is 0 Å². The molecule has 13 heavy (non-hydrogen) atoms. The SMILES string of the molecule is CCC(C)C1CC2(CCNCC2)C1. The third kappa shape index (κ3) is 1.76.